The molecule has 0 spiro atoms. The smallest absolute Gasteiger partial charge is 0.409 e. The van der Waals surface area contributed by atoms with Crippen LogP contribution >= 0.6 is 0 Å². The number of amides is 1. The molecule has 0 saturated carbocycles. The zero-order valence-corrected chi connectivity index (χ0v) is 10.2. The van der Waals surface area contributed by atoms with Crippen molar-refractivity contribution in [2.75, 3.05) is 20.2 Å². The topological polar surface area (TPSA) is 29.5 Å². The first-order chi connectivity index (χ1) is 7.17. The van der Waals surface area contributed by atoms with Gasteiger partial charge >= 0.3 is 6.09 Å². The number of hydrogen-bond acceptors (Lipinski definition) is 2. The van der Waals surface area contributed by atoms with E-state index in [-0.39, 0.29) is 6.09 Å². The van der Waals surface area contributed by atoms with E-state index in [0.717, 1.165) is 37.8 Å². The van der Waals surface area contributed by atoms with Gasteiger partial charge in [-0.05, 0) is 31.1 Å². The Morgan fingerprint density at radius 2 is 2.07 bits per heavy atom. The van der Waals surface area contributed by atoms with Crippen molar-refractivity contribution in [1.29, 1.82) is 0 Å². The maximum atomic E-state index is 11.3. The predicted octanol–water partition coefficient (Wildman–Crippen LogP) is 2.90. The summed E-state index contributed by atoms with van der Waals surface area (Å²) in [5.41, 5.74) is 0. The summed E-state index contributed by atoms with van der Waals surface area (Å²) in [5.74, 6) is 1.63. The molecule has 1 rings (SSSR count). The normalized spacial score (nSPS) is 20.1. The van der Waals surface area contributed by atoms with Gasteiger partial charge in [0.1, 0.15) is 0 Å². The van der Waals surface area contributed by atoms with Crippen molar-refractivity contribution >= 4 is 6.09 Å². The third kappa shape index (κ3) is 3.73. The molecule has 3 heteroatoms. The average Bonchev–Trinajstić information content (AvgIpc) is 2.29. The Bertz CT molecular complexity index is 198. The van der Waals surface area contributed by atoms with Crippen molar-refractivity contribution in [2.45, 2.75) is 39.5 Å². The molecule has 1 heterocycles. The molecule has 0 aliphatic carbocycles. The molecule has 1 fully saturated rings. The minimum Gasteiger partial charge on any atom is -0.453 e. The van der Waals surface area contributed by atoms with Gasteiger partial charge in [-0.1, -0.05) is 20.3 Å². The van der Waals surface area contributed by atoms with Gasteiger partial charge in [-0.25, -0.2) is 4.79 Å². The fraction of sp³-hybridized carbons (Fsp3) is 0.917. The van der Waals surface area contributed by atoms with E-state index in [2.05, 4.69) is 13.8 Å². The Morgan fingerprint density at radius 1 is 1.47 bits per heavy atom. The SMILES string of the molecule is CCC(C)CC1CCN(C(=O)OC)CC1. The van der Waals surface area contributed by atoms with Crippen molar-refractivity contribution in [1.82, 2.24) is 4.90 Å². The maximum absolute atomic E-state index is 11.3. The van der Waals surface area contributed by atoms with Gasteiger partial charge in [0, 0.05) is 13.1 Å². The number of piperidine rings is 1. The van der Waals surface area contributed by atoms with Gasteiger partial charge in [0.2, 0.25) is 0 Å². The van der Waals surface area contributed by atoms with Crippen molar-refractivity contribution in [3.63, 3.8) is 0 Å². The lowest BCUT2D eigenvalue weighted by molar-refractivity contribution is 0.103. The molecule has 0 N–H and O–H groups in total. The lowest BCUT2D eigenvalue weighted by Gasteiger charge is -2.32. The summed E-state index contributed by atoms with van der Waals surface area (Å²) in [7, 11) is 1.45. The number of hydrogen-bond donors (Lipinski definition) is 0. The van der Waals surface area contributed by atoms with Crippen LogP contribution in [0.3, 0.4) is 0 Å². The predicted molar refractivity (Wildman–Crippen MR) is 60.8 cm³/mol. The number of methoxy groups -OCH3 is 1. The molecule has 15 heavy (non-hydrogen) atoms. The lowest BCUT2D eigenvalue weighted by Crippen LogP contribution is -2.38. The molecule has 0 aromatic heterocycles. The van der Waals surface area contributed by atoms with Gasteiger partial charge in [-0.3, -0.25) is 0 Å². The number of rotatable bonds is 3. The standard InChI is InChI=1S/C12H23NO2/c1-4-10(2)9-11-5-7-13(8-6-11)12(14)15-3/h10-11H,4-9H2,1-3H3. The van der Waals surface area contributed by atoms with Gasteiger partial charge < -0.3 is 9.64 Å². The fourth-order valence-corrected chi connectivity index (χ4v) is 2.22. The molecule has 1 unspecified atom stereocenters. The van der Waals surface area contributed by atoms with Crippen molar-refractivity contribution < 1.29 is 9.53 Å². The maximum Gasteiger partial charge on any atom is 0.409 e. The van der Waals surface area contributed by atoms with E-state index in [4.69, 9.17) is 4.74 Å². The highest BCUT2D eigenvalue weighted by molar-refractivity contribution is 5.67. The minimum absolute atomic E-state index is 0.169. The van der Waals surface area contributed by atoms with Crippen LogP contribution in [0.2, 0.25) is 0 Å². The van der Waals surface area contributed by atoms with Crippen LogP contribution in [0.4, 0.5) is 4.79 Å². The van der Waals surface area contributed by atoms with Crippen LogP contribution in [0.25, 0.3) is 0 Å². The second-order valence-electron chi connectivity index (χ2n) is 4.65. The van der Waals surface area contributed by atoms with Crippen LogP contribution in [0.5, 0.6) is 0 Å². The van der Waals surface area contributed by atoms with E-state index in [9.17, 15) is 4.79 Å². The highest BCUT2D eigenvalue weighted by Crippen LogP contribution is 2.25. The quantitative estimate of drug-likeness (QED) is 0.721. The second kappa shape index (κ2) is 5.99. The molecule has 1 saturated heterocycles. The molecular weight excluding hydrogens is 190 g/mol. The molecule has 1 amide bonds. The van der Waals surface area contributed by atoms with Crippen LogP contribution < -0.4 is 0 Å². The summed E-state index contributed by atoms with van der Waals surface area (Å²) in [4.78, 5) is 13.1. The molecule has 3 nitrogen and oxygen atoms in total. The molecule has 1 aliphatic rings. The molecule has 0 bridgehead atoms. The number of likely N-dealkylation sites (tertiary alicyclic amines) is 1. The third-order valence-electron chi connectivity index (χ3n) is 3.48. The van der Waals surface area contributed by atoms with E-state index in [0.29, 0.717) is 0 Å². The van der Waals surface area contributed by atoms with E-state index in [1.165, 1.54) is 20.0 Å². The first-order valence-corrected chi connectivity index (χ1v) is 6.00. The first kappa shape index (κ1) is 12.3. The zero-order valence-electron chi connectivity index (χ0n) is 10.2. The van der Waals surface area contributed by atoms with Crippen molar-refractivity contribution in [3.05, 3.63) is 0 Å². The summed E-state index contributed by atoms with van der Waals surface area (Å²) in [5, 5.41) is 0. The van der Waals surface area contributed by atoms with E-state index in [1.807, 2.05) is 4.90 Å². The van der Waals surface area contributed by atoms with Crippen LogP contribution in [0, 0.1) is 11.8 Å². The molecule has 88 valence electrons. The van der Waals surface area contributed by atoms with Gasteiger partial charge in [0.05, 0.1) is 7.11 Å². The number of ether oxygens (including phenoxy) is 1. The third-order valence-corrected chi connectivity index (χ3v) is 3.48. The summed E-state index contributed by atoms with van der Waals surface area (Å²) < 4.78 is 4.71. The van der Waals surface area contributed by atoms with Crippen molar-refractivity contribution in [2.24, 2.45) is 11.8 Å². The highest BCUT2D eigenvalue weighted by Gasteiger charge is 2.23. The second-order valence-corrected chi connectivity index (χ2v) is 4.65. The van der Waals surface area contributed by atoms with Gasteiger partial charge in [-0.2, -0.15) is 0 Å². The molecule has 0 radical (unpaired) electrons. The monoisotopic (exact) mass is 213 g/mol. The van der Waals surface area contributed by atoms with Crippen LogP contribution in [-0.4, -0.2) is 31.2 Å². The number of carbonyl (C=O) groups excluding carboxylic acids is 1. The fourth-order valence-electron chi connectivity index (χ4n) is 2.22. The number of carbonyl (C=O) groups is 1. The highest BCUT2D eigenvalue weighted by atomic mass is 16.5. The van der Waals surface area contributed by atoms with E-state index in [1.54, 1.807) is 0 Å². The Labute approximate surface area is 92.8 Å². The van der Waals surface area contributed by atoms with Crippen LogP contribution in [0.15, 0.2) is 0 Å². The Kier molecular flexibility index (Phi) is 4.92. The zero-order chi connectivity index (χ0) is 11.3. The average molecular weight is 213 g/mol. The largest absolute Gasteiger partial charge is 0.453 e. The molecule has 0 aromatic carbocycles. The summed E-state index contributed by atoms with van der Waals surface area (Å²) >= 11 is 0. The Hall–Kier alpha value is -0.730. The summed E-state index contributed by atoms with van der Waals surface area (Å²) in [6.07, 6.45) is 4.68. The van der Waals surface area contributed by atoms with Gasteiger partial charge in [0.25, 0.3) is 0 Å². The first-order valence-electron chi connectivity index (χ1n) is 6.00. The van der Waals surface area contributed by atoms with Crippen molar-refractivity contribution in [3.8, 4) is 0 Å². The van der Waals surface area contributed by atoms with E-state index < -0.39 is 0 Å². The van der Waals surface area contributed by atoms with Gasteiger partial charge in [0.15, 0.2) is 0 Å². The molecular formula is C12H23NO2. The van der Waals surface area contributed by atoms with Crippen LogP contribution in [-0.2, 0) is 4.74 Å². The number of nitrogens with zero attached hydrogens (tertiary/aromatic N) is 1. The minimum atomic E-state index is -0.169. The van der Waals surface area contributed by atoms with Gasteiger partial charge in [-0.15, -0.1) is 0 Å². The van der Waals surface area contributed by atoms with Crippen LogP contribution in [0.1, 0.15) is 39.5 Å². The summed E-state index contributed by atoms with van der Waals surface area (Å²) in [6.45, 7) is 6.29. The molecule has 1 aliphatic heterocycles. The molecule has 1 atom stereocenters. The Morgan fingerprint density at radius 3 is 2.53 bits per heavy atom. The summed E-state index contributed by atoms with van der Waals surface area (Å²) in [6, 6.07) is 0. The Balaban J connectivity index is 2.26. The molecule has 0 aromatic rings. The van der Waals surface area contributed by atoms with E-state index >= 15 is 0 Å². The lowest BCUT2D eigenvalue weighted by atomic mass is 9.87.